The molecule has 1 aromatic carbocycles. The summed E-state index contributed by atoms with van der Waals surface area (Å²) >= 11 is 7.39. The van der Waals surface area contributed by atoms with Crippen molar-refractivity contribution < 1.29 is 14.7 Å². The lowest BCUT2D eigenvalue weighted by Gasteiger charge is -2.22. The maximum Gasteiger partial charge on any atom is 0.323 e. The molecule has 6 heteroatoms. The van der Waals surface area contributed by atoms with E-state index in [1.54, 1.807) is 36.0 Å². The third-order valence-corrected chi connectivity index (χ3v) is 4.05. The first-order chi connectivity index (χ1) is 9.42. The van der Waals surface area contributed by atoms with Crippen molar-refractivity contribution in [1.82, 2.24) is 4.90 Å². The molecule has 0 aliphatic heterocycles. The number of hydrogen-bond donors (Lipinski definition) is 1. The van der Waals surface area contributed by atoms with Crippen LogP contribution in [0, 0.1) is 0 Å². The van der Waals surface area contributed by atoms with Gasteiger partial charge in [0.2, 0.25) is 5.91 Å². The largest absolute Gasteiger partial charge is 0.480 e. The number of halogens is 1. The molecule has 0 saturated heterocycles. The van der Waals surface area contributed by atoms with Crippen molar-refractivity contribution in [3.8, 4) is 0 Å². The number of carboxylic acid groups (broad SMARTS) is 1. The van der Waals surface area contributed by atoms with Crippen LogP contribution in [-0.4, -0.2) is 39.9 Å². The number of carbonyl (C=O) groups is 2. The molecule has 4 nitrogen and oxygen atoms in total. The molecule has 0 spiro atoms. The molecule has 1 N–H and O–H groups in total. The number of rotatable bonds is 7. The van der Waals surface area contributed by atoms with E-state index in [9.17, 15) is 9.59 Å². The molecule has 0 aliphatic carbocycles. The highest BCUT2D eigenvalue weighted by Crippen LogP contribution is 2.15. The molecular formula is C14H18ClNO3S. The van der Waals surface area contributed by atoms with Gasteiger partial charge >= 0.3 is 5.97 Å². The van der Waals surface area contributed by atoms with Crippen molar-refractivity contribution >= 4 is 35.2 Å². The summed E-state index contributed by atoms with van der Waals surface area (Å²) in [7, 11) is 0. The average Bonchev–Trinajstić information content (AvgIpc) is 2.39. The maximum absolute atomic E-state index is 12.1. The second-order valence-corrected chi connectivity index (χ2v) is 6.23. The van der Waals surface area contributed by atoms with Gasteiger partial charge in [-0.25, -0.2) is 0 Å². The van der Waals surface area contributed by atoms with E-state index in [0.717, 1.165) is 5.56 Å². The molecule has 20 heavy (non-hydrogen) atoms. The van der Waals surface area contributed by atoms with Gasteiger partial charge in [0.05, 0.1) is 0 Å². The van der Waals surface area contributed by atoms with Gasteiger partial charge in [0, 0.05) is 23.2 Å². The van der Waals surface area contributed by atoms with Crippen LogP contribution in [0.1, 0.15) is 18.9 Å². The Hall–Kier alpha value is -1.20. The number of amides is 1. The van der Waals surface area contributed by atoms with Crippen molar-refractivity contribution in [2.24, 2.45) is 0 Å². The summed E-state index contributed by atoms with van der Waals surface area (Å²) < 4.78 is 0. The lowest BCUT2D eigenvalue weighted by Crippen LogP contribution is -2.36. The number of aliphatic carboxylic acids is 1. The van der Waals surface area contributed by atoms with Gasteiger partial charge in [-0.3, -0.25) is 9.59 Å². The molecule has 1 unspecified atom stereocenters. The van der Waals surface area contributed by atoms with Crippen molar-refractivity contribution in [3.63, 3.8) is 0 Å². The first kappa shape index (κ1) is 16.9. The zero-order valence-corrected chi connectivity index (χ0v) is 13.1. The number of thioether (sulfide) groups is 1. The van der Waals surface area contributed by atoms with E-state index in [0.29, 0.717) is 11.4 Å². The molecule has 0 saturated carbocycles. The summed E-state index contributed by atoms with van der Waals surface area (Å²) in [6.07, 6.45) is 2.26. The molecule has 0 radical (unpaired) electrons. The normalized spacial score (nSPS) is 11.9. The number of benzene rings is 1. The van der Waals surface area contributed by atoms with Gasteiger partial charge in [-0.05, 0) is 24.0 Å². The van der Waals surface area contributed by atoms with Crippen molar-refractivity contribution in [1.29, 1.82) is 0 Å². The van der Waals surface area contributed by atoms with Crippen LogP contribution < -0.4 is 0 Å². The quantitative estimate of drug-likeness (QED) is 0.840. The van der Waals surface area contributed by atoms with Crippen molar-refractivity contribution in [3.05, 3.63) is 34.9 Å². The highest BCUT2D eigenvalue weighted by molar-refractivity contribution is 7.99. The molecule has 1 atom stereocenters. The second kappa shape index (κ2) is 8.17. The highest BCUT2D eigenvalue weighted by atomic mass is 35.5. The van der Waals surface area contributed by atoms with Crippen LogP contribution in [0.3, 0.4) is 0 Å². The summed E-state index contributed by atoms with van der Waals surface area (Å²) in [5, 5.41) is 9.71. The lowest BCUT2D eigenvalue weighted by molar-refractivity contribution is -0.144. The van der Waals surface area contributed by atoms with E-state index in [1.165, 1.54) is 4.90 Å². The van der Waals surface area contributed by atoms with E-state index in [4.69, 9.17) is 16.7 Å². The van der Waals surface area contributed by atoms with Crippen molar-refractivity contribution in [2.75, 3.05) is 12.8 Å². The van der Waals surface area contributed by atoms with Gasteiger partial charge < -0.3 is 10.0 Å². The third kappa shape index (κ3) is 5.84. The Morgan fingerprint density at radius 1 is 1.35 bits per heavy atom. The fourth-order valence-electron chi connectivity index (χ4n) is 1.66. The summed E-state index contributed by atoms with van der Waals surface area (Å²) in [4.78, 5) is 24.4. The third-order valence-electron chi connectivity index (χ3n) is 2.83. The molecule has 0 bridgehead atoms. The van der Waals surface area contributed by atoms with Gasteiger partial charge in [-0.2, -0.15) is 11.8 Å². The predicted molar refractivity (Wildman–Crippen MR) is 82.1 cm³/mol. The summed E-state index contributed by atoms with van der Waals surface area (Å²) in [6.45, 7) is 1.94. The Labute approximate surface area is 128 Å². The van der Waals surface area contributed by atoms with Crippen LogP contribution in [-0.2, 0) is 16.1 Å². The molecule has 0 heterocycles. The molecule has 0 aliphatic rings. The van der Waals surface area contributed by atoms with Gasteiger partial charge in [0.1, 0.15) is 6.54 Å². The van der Waals surface area contributed by atoms with Crippen molar-refractivity contribution in [2.45, 2.75) is 25.1 Å². The maximum atomic E-state index is 12.1. The second-order valence-electron chi connectivity index (χ2n) is 4.52. The van der Waals surface area contributed by atoms with Crippen LogP contribution >= 0.6 is 23.4 Å². The Morgan fingerprint density at radius 2 is 1.95 bits per heavy atom. The minimum Gasteiger partial charge on any atom is -0.480 e. The molecule has 0 fully saturated rings. The first-order valence-electron chi connectivity index (χ1n) is 6.19. The molecule has 0 aromatic heterocycles. The van der Waals surface area contributed by atoms with E-state index in [-0.39, 0.29) is 24.2 Å². The Bertz CT molecular complexity index is 464. The number of hydrogen-bond acceptors (Lipinski definition) is 3. The molecule has 1 rings (SSSR count). The lowest BCUT2D eigenvalue weighted by atomic mass is 10.2. The topological polar surface area (TPSA) is 57.6 Å². The van der Waals surface area contributed by atoms with E-state index >= 15 is 0 Å². The van der Waals surface area contributed by atoms with Gasteiger partial charge in [-0.15, -0.1) is 0 Å². The minimum atomic E-state index is -1.01. The van der Waals surface area contributed by atoms with Crippen LogP contribution in [0.25, 0.3) is 0 Å². The Morgan fingerprint density at radius 3 is 2.45 bits per heavy atom. The predicted octanol–water partition coefficient (Wildman–Crippen LogP) is 2.89. The molecule has 1 amide bonds. The standard InChI is InChI=1S/C14H18ClNO3S/c1-10(20-2)7-13(17)16(9-14(18)19)8-11-3-5-12(15)6-4-11/h3-6,10H,7-9H2,1-2H3,(H,18,19). The van der Waals surface area contributed by atoms with Crippen LogP contribution in [0.15, 0.2) is 24.3 Å². The zero-order valence-electron chi connectivity index (χ0n) is 11.5. The number of carbonyl (C=O) groups excluding carboxylic acids is 1. The number of nitrogens with zero attached hydrogens (tertiary/aromatic N) is 1. The SMILES string of the molecule is CSC(C)CC(=O)N(CC(=O)O)Cc1ccc(Cl)cc1. The van der Waals surface area contributed by atoms with Crippen LogP contribution in [0.4, 0.5) is 0 Å². The van der Waals surface area contributed by atoms with Gasteiger partial charge in [-0.1, -0.05) is 30.7 Å². The zero-order chi connectivity index (χ0) is 15.1. The van der Waals surface area contributed by atoms with Crippen LogP contribution in [0.2, 0.25) is 5.02 Å². The van der Waals surface area contributed by atoms with E-state index < -0.39 is 5.97 Å². The molecule has 110 valence electrons. The average molecular weight is 316 g/mol. The van der Waals surface area contributed by atoms with Crippen LogP contribution in [0.5, 0.6) is 0 Å². The van der Waals surface area contributed by atoms with Gasteiger partial charge in [0.25, 0.3) is 0 Å². The van der Waals surface area contributed by atoms with E-state index in [2.05, 4.69) is 0 Å². The fraction of sp³-hybridized carbons (Fsp3) is 0.429. The first-order valence-corrected chi connectivity index (χ1v) is 7.85. The Balaban J connectivity index is 2.75. The van der Waals surface area contributed by atoms with Gasteiger partial charge in [0.15, 0.2) is 0 Å². The van der Waals surface area contributed by atoms with E-state index in [1.807, 2.05) is 13.2 Å². The fourth-order valence-corrected chi connectivity index (χ4v) is 2.10. The molecular weight excluding hydrogens is 298 g/mol. The molecule has 1 aromatic rings. The summed E-state index contributed by atoms with van der Waals surface area (Å²) in [5.41, 5.74) is 0.862. The summed E-state index contributed by atoms with van der Waals surface area (Å²) in [6, 6.07) is 7.04. The minimum absolute atomic E-state index is 0.149. The summed E-state index contributed by atoms with van der Waals surface area (Å²) in [5.74, 6) is -1.16. The number of carboxylic acids is 1. The highest BCUT2D eigenvalue weighted by Gasteiger charge is 2.19. The Kier molecular flexibility index (Phi) is 6.88. The smallest absolute Gasteiger partial charge is 0.323 e. The monoisotopic (exact) mass is 315 g/mol.